The summed E-state index contributed by atoms with van der Waals surface area (Å²) in [6.45, 7) is 1.10. The van der Waals surface area contributed by atoms with E-state index < -0.39 is 15.9 Å². The quantitative estimate of drug-likeness (QED) is 0.692. The fraction of sp³-hybridized carbons (Fsp3) is 0.545. The number of amides is 3. The van der Waals surface area contributed by atoms with Gasteiger partial charge in [0.25, 0.3) is 0 Å². The lowest BCUT2D eigenvalue weighted by atomic mass is 10.4. The molecule has 0 bridgehead atoms. The molecule has 122 valence electrons. The van der Waals surface area contributed by atoms with Crippen molar-refractivity contribution in [3.8, 4) is 0 Å². The number of nitrogens with two attached hydrogens (primary N) is 1. The smallest absolute Gasteiger partial charge is 0.322 e. The van der Waals surface area contributed by atoms with E-state index in [1.165, 1.54) is 26.3 Å². The van der Waals surface area contributed by atoms with E-state index in [2.05, 4.69) is 10.4 Å². The predicted octanol–water partition coefficient (Wildman–Crippen LogP) is -1.52. The highest BCUT2D eigenvalue weighted by molar-refractivity contribution is 7.88. The number of carbonyl (C=O) groups excluding carboxylic acids is 2. The van der Waals surface area contributed by atoms with Gasteiger partial charge in [-0.1, -0.05) is 0 Å². The third-order valence-corrected chi connectivity index (χ3v) is 4.50. The Labute approximate surface area is 127 Å². The van der Waals surface area contributed by atoms with Crippen molar-refractivity contribution in [3.63, 3.8) is 0 Å². The Kier molecular flexibility index (Phi) is 4.66. The summed E-state index contributed by atoms with van der Waals surface area (Å²) in [5.41, 5.74) is 5.49. The fourth-order valence-electron chi connectivity index (χ4n) is 2.10. The van der Waals surface area contributed by atoms with Crippen molar-refractivity contribution in [2.24, 2.45) is 5.73 Å². The maximum Gasteiger partial charge on any atom is 0.322 e. The number of hydrogen-bond acceptors (Lipinski definition) is 5. The topological polar surface area (TPSA) is 131 Å². The normalized spacial score (nSPS) is 16.5. The summed E-state index contributed by atoms with van der Waals surface area (Å²) in [6.07, 6.45) is 4.05. The number of nitrogens with one attached hydrogen (secondary N) is 1. The van der Waals surface area contributed by atoms with Gasteiger partial charge in [-0.05, 0) is 0 Å². The molecular weight excluding hydrogens is 312 g/mol. The third kappa shape index (κ3) is 4.18. The molecular formula is C11H18N6O4S. The second-order valence-electron chi connectivity index (χ2n) is 4.97. The molecule has 0 unspecified atom stereocenters. The van der Waals surface area contributed by atoms with Gasteiger partial charge in [-0.2, -0.15) is 9.40 Å². The summed E-state index contributed by atoms with van der Waals surface area (Å²) >= 11 is 0. The first-order valence-corrected chi connectivity index (χ1v) is 8.42. The lowest BCUT2D eigenvalue weighted by Gasteiger charge is -2.33. The van der Waals surface area contributed by atoms with Crippen molar-refractivity contribution in [1.82, 2.24) is 19.0 Å². The summed E-state index contributed by atoms with van der Waals surface area (Å²) in [7, 11) is -3.22. The van der Waals surface area contributed by atoms with Crippen LogP contribution in [0.1, 0.15) is 0 Å². The zero-order chi connectivity index (χ0) is 16.3. The average Bonchev–Trinajstić information content (AvgIpc) is 2.84. The van der Waals surface area contributed by atoms with E-state index >= 15 is 0 Å². The summed E-state index contributed by atoms with van der Waals surface area (Å²) in [5, 5.41) is 6.54. The van der Waals surface area contributed by atoms with Crippen molar-refractivity contribution in [1.29, 1.82) is 0 Å². The molecule has 0 saturated carbocycles. The van der Waals surface area contributed by atoms with E-state index in [0.717, 1.165) is 6.26 Å². The van der Waals surface area contributed by atoms with Crippen LogP contribution < -0.4 is 11.1 Å². The lowest BCUT2D eigenvalue weighted by molar-refractivity contribution is -0.118. The highest BCUT2D eigenvalue weighted by Gasteiger charge is 2.26. The van der Waals surface area contributed by atoms with Gasteiger partial charge >= 0.3 is 6.03 Å². The van der Waals surface area contributed by atoms with E-state index in [0.29, 0.717) is 18.8 Å². The van der Waals surface area contributed by atoms with Gasteiger partial charge in [0, 0.05) is 32.4 Å². The van der Waals surface area contributed by atoms with Crippen LogP contribution in [-0.4, -0.2) is 71.8 Å². The van der Waals surface area contributed by atoms with Gasteiger partial charge in [0.1, 0.15) is 6.54 Å². The Hall–Kier alpha value is -2.14. The van der Waals surface area contributed by atoms with Gasteiger partial charge in [-0.15, -0.1) is 0 Å². The van der Waals surface area contributed by atoms with Gasteiger partial charge < -0.3 is 16.0 Å². The summed E-state index contributed by atoms with van der Waals surface area (Å²) < 4.78 is 25.5. The Morgan fingerprint density at radius 3 is 2.50 bits per heavy atom. The Morgan fingerprint density at radius 2 is 1.95 bits per heavy atom. The summed E-state index contributed by atoms with van der Waals surface area (Å²) in [5.74, 6) is -0.530. The predicted molar refractivity (Wildman–Crippen MR) is 78.4 cm³/mol. The molecule has 1 saturated heterocycles. The zero-order valence-electron chi connectivity index (χ0n) is 12.1. The number of carbonyl (C=O) groups is 2. The first-order valence-electron chi connectivity index (χ1n) is 6.57. The molecule has 2 heterocycles. The Bertz CT molecular complexity index is 662. The van der Waals surface area contributed by atoms with Crippen LogP contribution in [0.5, 0.6) is 0 Å². The van der Waals surface area contributed by atoms with Gasteiger partial charge in [0.15, 0.2) is 0 Å². The summed E-state index contributed by atoms with van der Waals surface area (Å²) in [6, 6.07) is -0.341. The molecule has 3 amide bonds. The first kappa shape index (κ1) is 16.2. The molecule has 2 rings (SSSR count). The van der Waals surface area contributed by atoms with Crippen LogP contribution in [0.3, 0.4) is 0 Å². The van der Waals surface area contributed by atoms with Crippen LogP contribution in [0, 0.1) is 0 Å². The molecule has 0 aromatic carbocycles. The number of urea groups is 1. The van der Waals surface area contributed by atoms with Gasteiger partial charge in [0.05, 0.1) is 18.1 Å². The van der Waals surface area contributed by atoms with Gasteiger partial charge in [-0.3, -0.25) is 9.48 Å². The minimum Gasteiger partial charge on any atom is -0.368 e. The van der Waals surface area contributed by atoms with Crippen LogP contribution in [0.15, 0.2) is 12.4 Å². The fourth-order valence-corrected chi connectivity index (χ4v) is 2.93. The number of nitrogens with zero attached hydrogens (tertiary/aromatic N) is 4. The van der Waals surface area contributed by atoms with E-state index in [9.17, 15) is 18.0 Å². The van der Waals surface area contributed by atoms with E-state index in [-0.39, 0.29) is 25.7 Å². The minimum atomic E-state index is -3.22. The van der Waals surface area contributed by atoms with E-state index in [4.69, 9.17) is 5.73 Å². The number of aromatic nitrogens is 2. The van der Waals surface area contributed by atoms with Crippen LogP contribution in [0.4, 0.5) is 10.5 Å². The van der Waals surface area contributed by atoms with Gasteiger partial charge in [0.2, 0.25) is 15.9 Å². The van der Waals surface area contributed by atoms with Crippen LogP contribution in [0.2, 0.25) is 0 Å². The van der Waals surface area contributed by atoms with Crippen molar-refractivity contribution in [2.45, 2.75) is 6.54 Å². The second kappa shape index (κ2) is 6.32. The largest absolute Gasteiger partial charge is 0.368 e. The van der Waals surface area contributed by atoms with Crippen molar-refractivity contribution in [2.75, 3.05) is 37.8 Å². The second-order valence-corrected chi connectivity index (χ2v) is 6.95. The number of sulfonamides is 1. The molecule has 1 aromatic heterocycles. The van der Waals surface area contributed by atoms with Crippen molar-refractivity contribution < 1.29 is 18.0 Å². The standard InChI is InChI=1S/C11H18N6O4S/c1-22(20,21)17-4-2-15(3-5-17)11(19)14-9-6-13-16(7-9)8-10(12)18/h6-7H,2-5,8H2,1H3,(H2,12,18)(H,14,19). The van der Waals surface area contributed by atoms with Crippen molar-refractivity contribution in [3.05, 3.63) is 12.4 Å². The minimum absolute atomic E-state index is 0.0666. The molecule has 0 aliphatic carbocycles. The highest BCUT2D eigenvalue weighted by Crippen LogP contribution is 2.10. The first-order chi connectivity index (χ1) is 10.3. The molecule has 3 N–H and O–H groups in total. The molecule has 11 heteroatoms. The Balaban J connectivity index is 1.88. The number of piperazine rings is 1. The highest BCUT2D eigenvalue weighted by atomic mass is 32.2. The molecule has 1 aliphatic heterocycles. The monoisotopic (exact) mass is 330 g/mol. The number of rotatable bonds is 4. The molecule has 10 nitrogen and oxygen atoms in total. The third-order valence-electron chi connectivity index (χ3n) is 3.20. The van der Waals surface area contributed by atoms with Crippen LogP contribution >= 0.6 is 0 Å². The number of anilines is 1. The molecule has 1 aliphatic rings. The summed E-state index contributed by atoms with van der Waals surface area (Å²) in [4.78, 5) is 24.4. The molecule has 0 radical (unpaired) electrons. The zero-order valence-corrected chi connectivity index (χ0v) is 12.9. The number of hydrogen-bond donors (Lipinski definition) is 2. The van der Waals surface area contributed by atoms with Crippen LogP contribution in [0.25, 0.3) is 0 Å². The molecule has 1 aromatic rings. The van der Waals surface area contributed by atoms with Crippen molar-refractivity contribution >= 4 is 27.6 Å². The van der Waals surface area contributed by atoms with E-state index in [1.807, 2.05) is 0 Å². The molecule has 22 heavy (non-hydrogen) atoms. The van der Waals surface area contributed by atoms with Gasteiger partial charge in [-0.25, -0.2) is 13.2 Å². The number of primary amides is 1. The molecule has 0 atom stereocenters. The molecule has 0 spiro atoms. The average molecular weight is 330 g/mol. The van der Waals surface area contributed by atoms with Crippen LogP contribution in [-0.2, 0) is 21.4 Å². The molecule has 1 fully saturated rings. The Morgan fingerprint density at radius 1 is 1.32 bits per heavy atom. The lowest BCUT2D eigenvalue weighted by Crippen LogP contribution is -2.51. The maximum absolute atomic E-state index is 12.1. The maximum atomic E-state index is 12.1. The SMILES string of the molecule is CS(=O)(=O)N1CCN(C(=O)Nc2cnn(CC(N)=O)c2)CC1. The van der Waals surface area contributed by atoms with E-state index in [1.54, 1.807) is 0 Å².